The SMILES string of the molecule is COc1ccc(Cl)cc1N1CCN(c2ncc(C(=O)NCCCN3CCOCC3)c(OC)n2)CC1. The molecule has 190 valence electrons. The van der Waals surface area contributed by atoms with Gasteiger partial charge in [0.15, 0.2) is 0 Å². The Bertz CT molecular complexity index is 996. The highest BCUT2D eigenvalue weighted by Gasteiger charge is 2.24. The van der Waals surface area contributed by atoms with Crippen LogP contribution >= 0.6 is 11.6 Å². The highest BCUT2D eigenvalue weighted by Crippen LogP contribution is 2.32. The minimum Gasteiger partial charge on any atom is -0.495 e. The van der Waals surface area contributed by atoms with Crippen LogP contribution in [-0.2, 0) is 4.74 Å². The monoisotopic (exact) mass is 504 g/mol. The third kappa shape index (κ3) is 6.45. The highest BCUT2D eigenvalue weighted by atomic mass is 35.5. The maximum atomic E-state index is 12.7. The molecule has 2 saturated heterocycles. The van der Waals surface area contributed by atoms with Crippen LogP contribution in [0.3, 0.4) is 0 Å². The lowest BCUT2D eigenvalue weighted by Gasteiger charge is -2.36. The minimum absolute atomic E-state index is 0.228. The summed E-state index contributed by atoms with van der Waals surface area (Å²) in [7, 11) is 3.18. The number of nitrogens with one attached hydrogen (secondary N) is 1. The van der Waals surface area contributed by atoms with Crippen LogP contribution in [0.4, 0.5) is 11.6 Å². The van der Waals surface area contributed by atoms with Gasteiger partial charge in [0.1, 0.15) is 11.3 Å². The van der Waals surface area contributed by atoms with Gasteiger partial charge in [0.25, 0.3) is 5.91 Å². The van der Waals surface area contributed by atoms with E-state index in [1.807, 2.05) is 18.2 Å². The topological polar surface area (TPSA) is 92.3 Å². The number of benzene rings is 1. The number of carbonyl (C=O) groups is 1. The fraction of sp³-hybridized carbons (Fsp3) is 0.542. The Hall–Kier alpha value is -2.82. The Balaban J connectivity index is 1.32. The van der Waals surface area contributed by atoms with Crippen molar-refractivity contribution < 1.29 is 19.0 Å². The summed E-state index contributed by atoms with van der Waals surface area (Å²) >= 11 is 6.20. The smallest absolute Gasteiger partial charge is 0.258 e. The van der Waals surface area contributed by atoms with E-state index in [0.717, 1.165) is 63.8 Å². The number of anilines is 2. The number of carbonyl (C=O) groups excluding carboxylic acids is 1. The van der Waals surface area contributed by atoms with Gasteiger partial charge in [0, 0.05) is 57.0 Å². The van der Waals surface area contributed by atoms with Gasteiger partial charge in [-0.2, -0.15) is 4.98 Å². The molecule has 1 N–H and O–H groups in total. The van der Waals surface area contributed by atoms with E-state index >= 15 is 0 Å². The van der Waals surface area contributed by atoms with Crippen LogP contribution in [0.2, 0.25) is 5.02 Å². The zero-order chi connectivity index (χ0) is 24.6. The number of amides is 1. The molecule has 0 atom stereocenters. The van der Waals surface area contributed by atoms with Crippen molar-refractivity contribution in [1.29, 1.82) is 0 Å². The maximum Gasteiger partial charge on any atom is 0.258 e. The van der Waals surface area contributed by atoms with E-state index in [2.05, 4.69) is 30.0 Å². The summed E-state index contributed by atoms with van der Waals surface area (Å²) in [6.45, 7) is 7.89. The second kappa shape index (κ2) is 12.2. The molecule has 4 rings (SSSR count). The standard InChI is InChI=1S/C24H33ClN6O4/c1-33-21-5-4-18(25)16-20(21)30-8-10-31(11-9-30)24-27-17-19(23(28-24)34-2)22(32)26-6-3-7-29-12-14-35-15-13-29/h4-5,16-17H,3,6-15H2,1-2H3,(H,26,32). The fourth-order valence-electron chi connectivity index (χ4n) is 4.30. The maximum absolute atomic E-state index is 12.7. The first-order valence-corrected chi connectivity index (χ1v) is 12.3. The first-order valence-electron chi connectivity index (χ1n) is 11.9. The van der Waals surface area contributed by atoms with Crippen molar-refractivity contribution in [2.24, 2.45) is 0 Å². The van der Waals surface area contributed by atoms with Crippen molar-refractivity contribution in [3.05, 3.63) is 35.0 Å². The molecular formula is C24H33ClN6O4. The molecule has 1 aromatic heterocycles. The number of morpholine rings is 1. The first kappa shape index (κ1) is 25.3. The average Bonchev–Trinajstić information content (AvgIpc) is 2.91. The van der Waals surface area contributed by atoms with Crippen LogP contribution < -0.4 is 24.6 Å². The number of ether oxygens (including phenoxy) is 3. The Kier molecular flexibility index (Phi) is 8.84. The van der Waals surface area contributed by atoms with Gasteiger partial charge in [0.05, 0.1) is 33.1 Å². The average molecular weight is 505 g/mol. The number of aromatic nitrogens is 2. The summed E-state index contributed by atoms with van der Waals surface area (Å²) in [5.41, 5.74) is 1.31. The normalized spacial score (nSPS) is 16.8. The third-order valence-electron chi connectivity index (χ3n) is 6.26. The van der Waals surface area contributed by atoms with E-state index < -0.39 is 0 Å². The molecule has 35 heavy (non-hydrogen) atoms. The summed E-state index contributed by atoms with van der Waals surface area (Å²) < 4.78 is 16.3. The fourth-order valence-corrected chi connectivity index (χ4v) is 4.47. The quantitative estimate of drug-likeness (QED) is 0.514. The van der Waals surface area contributed by atoms with Crippen molar-refractivity contribution in [2.75, 3.05) is 89.6 Å². The van der Waals surface area contributed by atoms with E-state index in [0.29, 0.717) is 36.2 Å². The molecule has 2 aromatic rings. The molecule has 2 fully saturated rings. The number of nitrogens with zero attached hydrogens (tertiary/aromatic N) is 5. The molecule has 0 saturated carbocycles. The van der Waals surface area contributed by atoms with Gasteiger partial charge in [-0.1, -0.05) is 11.6 Å². The lowest BCUT2D eigenvalue weighted by molar-refractivity contribution is 0.0374. The Morgan fingerprint density at radius 3 is 2.54 bits per heavy atom. The molecule has 10 nitrogen and oxygen atoms in total. The van der Waals surface area contributed by atoms with Gasteiger partial charge in [-0.15, -0.1) is 0 Å². The lowest BCUT2D eigenvalue weighted by Crippen LogP contribution is -2.47. The van der Waals surface area contributed by atoms with Gasteiger partial charge >= 0.3 is 0 Å². The molecule has 1 amide bonds. The van der Waals surface area contributed by atoms with Crippen molar-refractivity contribution in [2.45, 2.75) is 6.42 Å². The van der Waals surface area contributed by atoms with Crippen molar-refractivity contribution in [3.63, 3.8) is 0 Å². The van der Waals surface area contributed by atoms with E-state index in [1.54, 1.807) is 13.3 Å². The summed E-state index contributed by atoms with van der Waals surface area (Å²) in [6, 6.07) is 5.62. The van der Waals surface area contributed by atoms with Crippen molar-refractivity contribution in [1.82, 2.24) is 20.2 Å². The number of halogens is 1. The van der Waals surface area contributed by atoms with Crippen molar-refractivity contribution in [3.8, 4) is 11.6 Å². The van der Waals surface area contributed by atoms with Gasteiger partial charge in [-0.05, 0) is 31.2 Å². The van der Waals surface area contributed by atoms with Crippen LogP contribution in [0.25, 0.3) is 0 Å². The number of piperazine rings is 1. The summed E-state index contributed by atoms with van der Waals surface area (Å²) in [6.07, 6.45) is 2.42. The number of methoxy groups -OCH3 is 2. The van der Waals surface area contributed by atoms with Gasteiger partial charge < -0.3 is 29.3 Å². The second-order valence-electron chi connectivity index (χ2n) is 8.45. The predicted molar refractivity (Wildman–Crippen MR) is 135 cm³/mol. The summed E-state index contributed by atoms with van der Waals surface area (Å²) in [5.74, 6) is 1.39. The van der Waals surface area contributed by atoms with Gasteiger partial charge in [0.2, 0.25) is 11.8 Å². The molecule has 1 aromatic carbocycles. The molecule has 0 aliphatic carbocycles. The number of rotatable bonds is 9. The number of hydrogen-bond acceptors (Lipinski definition) is 9. The largest absolute Gasteiger partial charge is 0.495 e. The second-order valence-corrected chi connectivity index (χ2v) is 8.88. The van der Waals surface area contributed by atoms with Crippen LogP contribution in [-0.4, -0.2) is 101 Å². The molecular weight excluding hydrogens is 472 g/mol. The molecule has 3 heterocycles. The van der Waals surface area contributed by atoms with E-state index in [-0.39, 0.29) is 11.8 Å². The zero-order valence-electron chi connectivity index (χ0n) is 20.3. The van der Waals surface area contributed by atoms with E-state index in [1.165, 1.54) is 7.11 Å². The Morgan fingerprint density at radius 1 is 1.09 bits per heavy atom. The van der Waals surface area contributed by atoms with Crippen LogP contribution in [0.5, 0.6) is 11.6 Å². The molecule has 2 aliphatic heterocycles. The summed E-state index contributed by atoms with van der Waals surface area (Å²) in [4.78, 5) is 28.4. The molecule has 2 aliphatic rings. The summed E-state index contributed by atoms with van der Waals surface area (Å²) in [5, 5.41) is 3.62. The van der Waals surface area contributed by atoms with E-state index in [4.69, 9.17) is 25.8 Å². The van der Waals surface area contributed by atoms with Crippen LogP contribution in [0, 0.1) is 0 Å². The van der Waals surface area contributed by atoms with Crippen LogP contribution in [0.15, 0.2) is 24.4 Å². The molecule has 11 heteroatoms. The molecule has 0 unspecified atom stereocenters. The Morgan fingerprint density at radius 2 is 1.83 bits per heavy atom. The predicted octanol–water partition coefficient (Wildman–Crippen LogP) is 1.93. The zero-order valence-corrected chi connectivity index (χ0v) is 21.1. The molecule has 0 bridgehead atoms. The Labute approximate surface area is 211 Å². The highest BCUT2D eigenvalue weighted by molar-refractivity contribution is 6.30. The third-order valence-corrected chi connectivity index (χ3v) is 6.50. The van der Waals surface area contributed by atoms with Gasteiger partial charge in [-0.25, -0.2) is 4.98 Å². The molecule has 0 spiro atoms. The first-order chi connectivity index (χ1) is 17.1. The van der Waals surface area contributed by atoms with Gasteiger partial charge in [-0.3, -0.25) is 9.69 Å². The van der Waals surface area contributed by atoms with Crippen molar-refractivity contribution >= 4 is 29.1 Å². The van der Waals surface area contributed by atoms with E-state index in [9.17, 15) is 4.79 Å². The van der Waals surface area contributed by atoms with Crippen LogP contribution in [0.1, 0.15) is 16.8 Å². The minimum atomic E-state index is -0.228. The number of hydrogen-bond donors (Lipinski definition) is 1. The molecule has 0 radical (unpaired) electrons. The lowest BCUT2D eigenvalue weighted by atomic mass is 10.2.